The van der Waals surface area contributed by atoms with Crippen LogP contribution in [0, 0.1) is 0 Å². The highest BCUT2D eigenvalue weighted by Gasteiger charge is 2.24. The maximum absolute atomic E-state index is 13.2. The summed E-state index contributed by atoms with van der Waals surface area (Å²) in [4.78, 5) is 26.2. The van der Waals surface area contributed by atoms with Gasteiger partial charge in [-0.05, 0) is 77.0 Å². The van der Waals surface area contributed by atoms with Crippen molar-refractivity contribution in [3.63, 3.8) is 0 Å². The Morgan fingerprint density at radius 2 is 0.810 bits per heavy atom. The molecule has 0 aliphatic heterocycles. The molecule has 3 atom stereocenters. The number of unbranched alkanes of at least 4 members (excludes halogenated alkanes) is 25. The molecule has 6 heteroatoms. The molecule has 1 amide bonds. The number of aliphatic hydroxyl groups excluding tert-OH is 2. The van der Waals surface area contributed by atoms with Gasteiger partial charge in [0.1, 0.15) is 6.10 Å². The first-order chi connectivity index (χ1) is 31.0. The number of nitrogens with one attached hydrogen (secondary N) is 1. The summed E-state index contributed by atoms with van der Waals surface area (Å²) < 4.78 is 5.91. The predicted molar refractivity (Wildman–Crippen MR) is 273 cm³/mol. The number of esters is 1. The van der Waals surface area contributed by atoms with Gasteiger partial charge in [0.15, 0.2) is 0 Å². The number of allylic oxidation sites excluding steroid dienone is 14. The molecule has 362 valence electrons. The van der Waals surface area contributed by atoms with E-state index in [9.17, 15) is 19.8 Å². The zero-order valence-electron chi connectivity index (χ0n) is 41.2. The summed E-state index contributed by atoms with van der Waals surface area (Å²) in [6, 6.07) is -0.723. The molecule has 0 saturated heterocycles. The van der Waals surface area contributed by atoms with E-state index in [4.69, 9.17) is 4.74 Å². The largest absolute Gasteiger partial charge is 0.462 e. The Morgan fingerprint density at radius 3 is 1.27 bits per heavy atom. The fourth-order valence-corrected chi connectivity index (χ4v) is 7.56. The average Bonchev–Trinajstić information content (AvgIpc) is 3.28. The molecule has 0 spiro atoms. The third-order valence-electron chi connectivity index (χ3n) is 11.6. The molecule has 0 aromatic heterocycles. The summed E-state index contributed by atoms with van der Waals surface area (Å²) in [7, 11) is 0. The minimum Gasteiger partial charge on any atom is -0.462 e. The molecular weight excluding hydrogens is 779 g/mol. The van der Waals surface area contributed by atoms with Gasteiger partial charge >= 0.3 is 5.97 Å². The van der Waals surface area contributed by atoms with Gasteiger partial charge in [0, 0.05) is 6.42 Å². The first kappa shape index (κ1) is 60.0. The van der Waals surface area contributed by atoms with Crippen molar-refractivity contribution in [2.45, 2.75) is 257 Å². The zero-order chi connectivity index (χ0) is 45.9. The van der Waals surface area contributed by atoms with Gasteiger partial charge in [0.25, 0.3) is 0 Å². The average molecular weight is 878 g/mol. The van der Waals surface area contributed by atoms with E-state index in [0.29, 0.717) is 19.3 Å². The summed E-state index contributed by atoms with van der Waals surface area (Å²) in [5.74, 6) is -0.539. The van der Waals surface area contributed by atoms with Crippen LogP contribution >= 0.6 is 0 Å². The lowest BCUT2D eigenvalue weighted by molar-refractivity contribution is -0.151. The molecule has 0 aliphatic rings. The summed E-state index contributed by atoms with van der Waals surface area (Å²) in [6.07, 6.45) is 64.9. The Kier molecular flexibility index (Phi) is 47.7. The van der Waals surface area contributed by atoms with Crippen LogP contribution in [0.3, 0.4) is 0 Å². The van der Waals surface area contributed by atoms with Crippen LogP contribution in [-0.2, 0) is 14.3 Å². The molecule has 0 aliphatic carbocycles. The fraction of sp³-hybridized carbons (Fsp3) is 0.719. The van der Waals surface area contributed by atoms with Crippen LogP contribution in [0.25, 0.3) is 0 Å². The van der Waals surface area contributed by atoms with E-state index >= 15 is 0 Å². The van der Waals surface area contributed by atoms with Crippen LogP contribution < -0.4 is 5.32 Å². The molecule has 3 N–H and O–H groups in total. The third-order valence-corrected chi connectivity index (χ3v) is 11.6. The standard InChI is InChI=1S/C57H99NO5/c1-4-7-10-13-16-19-22-24-26-28-29-31-33-35-38-41-44-47-50-57(62)63-53(48-45-42-39-36-34-32-30-27-25-23-20-17-14-11-8-5-2)51-56(61)58-54(52-59)55(60)49-46-43-40-37-21-18-15-12-9-6-3/h17,20,22-32,34,53-55,59-60H,4-16,18-19,21,33,35-52H2,1-3H3,(H,58,61)/b20-17+,24-22+,25-23+,28-26+,30-27+,31-29+,34-32+. The number of carbonyl (C=O) groups is 2. The minimum atomic E-state index is -0.806. The number of hydrogen-bond acceptors (Lipinski definition) is 5. The number of ether oxygens (including phenoxy) is 1. The molecule has 0 saturated carbocycles. The molecule has 6 nitrogen and oxygen atoms in total. The summed E-state index contributed by atoms with van der Waals surface area (Å²) in [5, 5.41) is 23.7. The van der Waals surface area contributed by atoms with Gasteiger partial charge in [-0.2, -0.15) is 0 Å². The Morgan fingerprint density at radius 1 is 0.460 bits per heavy atom. The van der Waals surface area contributed by atoms with Crippen molar-refractivity contribution in [2.24, 2.45) is 0 Å². The van der Waals surface area contributed by atoms with Crippen molar-refractivity contribution < 1.29 is 24.5 Å². The number of amides is 1. The van der Waals surface area contributed by atoms with Gasteiger partial charge in [0.2, 0.25) is 5.91 Å². The van der Waals surface area contributed by atoms with Crippen LogP contribution in [-0.4, -0.2) is 46.9 Å². The SMILES string of the molecule is CCCCC/C=C/C=C/C=C/C=C/CCCCCC(CC(=O)NC(CO)C(O)CCCCCCCCCCCC)OC(=O)CCCCCCC/C=C/C=C/C=C/CCCCCCC. The second kappa shape index (κ2) is 50.0. The molecular formula is C57H99NO5. The molecule has 0 radical (unpaired) electrons. The zero-order valence-corrected chi connectivity index (χ0v) is 41.2. The number of hydrogen-bond donors (Lipinski definition) is 3. The molecule has 63 heavy (non-hydrogen) atoms. The lowest BCUT2D eigenvalue weighted by Gasteiger charge is -2.24. The quantitative estimate of drug-likeness (QED) is 0.0322. The van der Waals surface area contributed by atoms with Crippen LogP contribution in [0.2, 0.25) is 0 Å². The van der Waals surface area contributed by atoms with Crippen molar-refractivity contribution >= 4 is 11.9 Å². The molecule has 0 heterocycles. The van der Waals surface area contributed by atoms with Crippen molar-refractivity contribution in [1.29, 1.82) is 0 Å². The topological polar surface area (TPSA) is 95.9 Å². The lowest BCUT2D eigenvalue weighted by Crippen LogP contribution is -2.46. The Bertz CT molecular complexity index is 1210. The van der Waals surface area contributed by atoms with Crippen molar-refractivity contribution in [3.8, 4) is 0 Å². The van der Waals surface area contributed by atoms with Gasteiger partial charge < -0.3 is 20.3 Å². The summed E-state index contributed by atoms with van der Waals surface area (Å²) in [6.45, 7) is 6.40. The van der Waals surface area contributed by atoms with Gasteiger partial charge in [-0.1, -0.05) is 234 Å². The lowest BCUT2D eigenvalue weighted by atomic mass is 10.0. The predicted octanol–water partition coefficient (Wildman–Crippen LogP) is 16.0. The number of rotatable bonds is 46. The van der Waals surface area contributed by atoms with Crippen molar-refractivity contribution in [3.05, 3.63) is 85.1 Å². The molecule has 0 fully saturated rings. The maximum atomic E-state index is 13.2. The monoisotopic (exact) mass is 878 g/mol. The first-order valence-electron chi connectivity index (χ1n) is 26.4. The Hall–Kier alpha value is -2.96. The highest BCUT2D eigenvalue weighted by Crippen LogP contribution is 2.17. The van der Waals surface area contributed by atoms with Crippen molar-refractivity contribution in [1.82, 2.24) is 5.32 Å². The minimum absolute atomic E-state index is 0.0392. The molecule has 0 rings (SSSR count). The van der Waals surface area contributed by atoms with Gasteiger partial charge in [0.05, 0.1) is 25.2 Å². The highest BCUT2D eigenvalue weighted by atomic mass is 16.5. The Labute approximate surface area is 389 Å². The van der Waals surface area contributed by atoms with Crippen LogP contribution in [0.4, 0.5) is 0 Å². The van der Waals surface area contributed by atoms with Crippen LogP contribution in [0.5, 0.6) is 0 Å². The Balaban J connectivity index is 4.72. The van der Waals surface area contributed by atoms with Crippen molar-refractivity contribution in [2.75, 3.05) is 6.61 Å². The second-order valence-electron chi connectivity index (χ2n) is 17.7. The second-order valence-corrected chi connectivity index (χ2v) is 17.7. The van der Waals surface area contributed by atoms with E-state index < -0.39 is 18.2 Å². The van der Waals surface area contributed by atoms with E-state index in [1.165, 1.54) is 96.3 Å². The molecule has 0 aromatic carbocycles. The van der Waals surface area contributed by atoms with Gasteiger partial charge in [-0.15, -0.1) is 0 Å². The van der Waals surface area contributed by atoms with E-state index in [2.05, 4.69) is 105 Å². The smallest absolute Gasteiger partial charge is 0.306 e. The molecule has 0 aromatic rings. The normalized spacial score (nSPS) is 13.9. The molecule has 0 bridgehead atoms. The fourth-order valence-electron chi connectivity index (χ4n) is 7.56. The summed E-state index contributed by atoms with van der Waals surface area (Å²) in [5.41, 5.74) is 0. The van der Waals surface area contributed by atoms with Gasteiger partial charge in [-0.25, -0.2) is 0 Å². The van der Waals surface area contributed by atoms with Crippen LogP contribution in [0.15, 0.2) is 85.1 Å². The van der Waals surface area contributed by atoms with Gasteiger partial charge in [-0.3, -0.25) is 9.59 Å². The van der Waals surface area contributed by atoms with Crippen LogP contribution in [0.1, 0.15) is 239 Å². The van der Waals surface area contributed by atoms with E-state index in [-0.39, 0.29) is 24.9 Å². The maximum Gasteiger partial charge on any atom is 0.306 e. The van der Waals surface area contributed by atoms with E-state index in [1.807, 2.05) is 6.08 Å². The third kappa shape index (κ3) is 45.4. The number of carbonyl (C=O) groups excluding carboxylic acids is 2. The van der Waals surface area contributed by atoms with E-state index in [1.54, 1.807) is 0 Å². The number of aliphatic hydroxyl groups is 2. The first-order valence-corrected chi connectivity index (χ1v) is 26.4. The van der Waals surface area contributed by atoms with E-state index in [0.717, 1.165) is 96.3 Å². The highest BCUT2D eigenvalue weighted by molar-refractivity contribution is 5.77. The summed E-state index contributed by atoms with van der Waals surface area (Å²) >= 11 is 0. The molecule has 3 unspecified atom stereocenters.